The number of nitrogens with zero attached hydrogens (tertiary/aromatic N) is 1. The van der Waals surface area contributed by atoms with E-state index in [2.05, 4.69) is 5.32 Å². The van der Waals surface area contributed by atoms with Gasteiger partial charge in [-0.2, -0.15) is 5.26 Å². The molecule has 1 amide bonds. The number of nitriles is 1. The van der Waals surface area contributed by atoms with E-state index in [1.807, 2.05) is 30.3 Å². The van der Waals surface area contributed by atoms with Crippen molar-refractivity contribution in [3.05, 3.63) is 47.2 Å². The zero-order valence-corrected chi connectivity index (χ0v) is 8.90. The molecule has 1 rings (SSSR count). The summed E-state index contributed by atoms with van der Waals surface area (Å²) >= 11 is 0. The third-order valence-electron chi connectivity index (χ3n) is 2.00. The molecule has 0 aromatic heterocycles. The van der Waals surface area contributed by atoms with Gasteiger partial charge in [0.25, 0.3) is 5.91 Å². The fourth-order valence-corrected chi connectivity index (χ4v) is 1.16. The highest BCUT2D eigenvalue weighted by molar-refractivity contribution is 5.97. The number of nitrogens with one attached hydrogen (secondary N) is 1. The van der Waals surface area contributed by atoms with Gasteiger partial charge in [0.15, 0.2) is 5.57 Å². The Balaban J connectivity index is 2.61. The van der Waals surface area contributed by atoms with Crippen LogP contribution in [0.5, 0.6) is 0 Å². The summed E-state index contributed by atoms with van der Waals surface area (Å²) in [6, 6.07) is 11.0. The first-order valence-electron chi connectivity index (χ1n) is 4.77. The second-order valence-corrected chi connectivity index (χ2v) is 3.24. The van der Waals surface area contributed by atoms with Crippen molar-refractivity contribution in [2.75, 3.05) is 0 Å². The van der Waals surface area contributed by atoms with Crippen molar-refractivity contribution in [3.63, 3.8) is 0 Å². The van der Waals surface area contributed by atoms with E-state index in [1.54, 1.807) is 6.07 Å². The molecule has 0 bridgehead atoms. The molecule has 1 aromatic rings. The molecule has 0 aliphatic carbocycles. The predicted octanol–water partition coefficient (Wildman–Crippen LogP) is 1.66. The van der Waals surface area contributed by atoms with Crippen LogP contribution in [0.2, 0.25) is 0 Å². The van der Waals surface area contributed by atoms with Crippen LogP contribution in [0.1, 0.15) is 12.5 Å². The predicted molar refractivity (Wildman–Crippen MR) is 59.2 cm³/mol. The fourth-order valence-electron chi connectivity index (χ4n) is 1.16. The maximum atomic E-state index is 11.4. The lowest BCUT2D eigenvalue weighted by atomic mass is 10.2. The van der Waals surface area contributed by atoms with Crippen LogP contribution >= 0.6 is 0 Å². The molecule has 0 heterocycles. The molecule has 0 spiro atoms. The summed E-state index contributed by atoms with van der Waals surface area (Å²) in [7, 11) is 0. The van der Waals surface area contributed by atoms with Gasteiger partial charge in [-0.1, -0.05) is 30.3 Å². The van der Waals surface area contributed by atoms with Gasteiger partial charge in [-0.15, -0.1) is 0 Å². The Kier molecular flexibility index (Phi) is 4.10. The lowest BCUT2D eigenvalue weighted by Gasteiger charge is -2.04. The zero-order valence-electron chi connectivity index (χ0n) is 8.90. The molecule has 1 aromatic carbocycles. The van der Waals surface area contributed by atoms with E-state index >= 15 is 0 Å². The molecule has 16 heavy (non-hydrogen) atoms. The van der Waals surface area contributed by atoms with E-state index in [4.69, 9.17) is 10.4 Å². The number of hydrogen-bond acceptors (Lipinski definition) is 3. The number of benzene rings is 1. The topological polar surface area (TPSA) is 73.1 Å². The molecule has 0 aliphatic heterocycles. The summed E-state index contributed by atoms with van der Waals surface area (Å²) < 4.78 is 0. The Morgan fingerprint density at radius 2 is 2.06 bits per heavy atom. The van der Waals surface area contributed by atoms with E-state index in [1.165, 1.54) is 6.92 Å². The van der Waals surface area contributed by atoms with Crippen molar-refractivity contribution in [3.8, 4) is 6.07 Å². The van der Waals surface area contributed by atoms with Gasteiger partial charge in [-0.3, -0.25) is 4.79 Å². The Morgan fingerprint density at radius 1 is 1.44 bits per heavy atom. The van der Waals surface area contributed by atoms with Crippen molar-refractivity contribution in [2.24, 2.45) is 0 Å². The van der Waals surface area contributed by atoms with E-state index in [9.17, 15) is 4.79 Å². The number of allylic oxidation sites excluding steroid dienone is 1. The summed E-state index contributed by atoms with van der Waals surface area (Å²) in [6.07, 6.45) is 0. The normalized spacial score (nSPS) is 11.2. The average Bonchev–Trinajstić information content (AvgIpc) is 2.28. The van der Waals surface area contributed by atoms with Crippen molar-refractivity contribution in [2.45, 2.75) is 13.5 Å². The number of hydrogen-bond donors (Lipinski definition) is 2. The van der Waals surface area contributed by atoms with Crippen LogP contribution in [-0.2, 0) is 11.3 Å². The van der Waals surface area contributed by atoms with Crippen molar-refractivity contribution in [1.82, 2.24) is 5.32 Å². The summed E-state index contributed by atoms with van der Waals surface area (Å²) in [5, 5.41) is 20.3. The summed E-state index contributed by atoms with van der Waals surface area (Å²) in [4.78, 5) is 11.4. The monoisotopic (exact) mass is 216 g/mol. The Labute approximate surface area is 93.8 Å². The first-order chi connectivity index (χ1) is 7.65. The Bertz CT molecular complexity index is 440. The van der Waals surface area contributed by atoms with Crippen molar-refractivity contribution < 1.29 is 9.90 Å². The molecule has 2 N–H and O–H groups in total. The van der Waals surface area contributed by atoms with Crippen LogP contribution in [0, 0.1) is 11.3 Å². The second-order valence-electron chi connectivity index (χ2n) is 3.24. The largest absolute Gasteiger partial charge is 0.511 e. The van der Waals surface area contributed by atoms with Crippen LogP contribution in [-0.4, -0.2) is 11.0 Å². The molecular weight excluding hydrogens is 204 g/mol. The minimum Gasteiger partial charge on any atom is -0.511 e. The molecule has 0 saturated carbocycles. The van der Waals surface area contributed by atoms with Gasteiger partial charge in [-0.25, -0.2) is 0 Å². The number of amides is 1. The minimum atomic E-state index is -0.564. The first kappa shape index (κ1) is 11.8. The summed E-state index contributed by atoms with van der Waals surface area (Å²) in [5.74, 6) is -0.834. The van der Waals surface area contributed by atoms with Crippen LogP contribution in [0.25, 0.3) is 0 Å². The van der Waals surface area contributed by atoms with E-state index in [0.29, 0.717) is 6.54 Å². The highest BCUT2D eigenvalue weighted by Crippen LogP contribution is 2.01. The van der Waals surface area contributed by atoms with Crippen LogP contribution in [0.15, 0.2) is 41.7 Å². The van der Waals surface area contributed by atoms with Gasteiger partial charge in [-0.05, 0) is 12.5 Å². The van der Waals surface area contributed by atoms with Crippen LogP contribution in [0.4, 0.5) is 0 Å². The number of aliphatic hydroxyl groups is 1. The summed E-state index contributed by atoms with van der Waals surface area (Å²) in [6.45, 7) is 1.64. The molecule has 0 unspecified atom stereocenters. The van der Waals surface area contributed by atoms with Crippen LogP contribution in [0.3, 0.4) is 0 Å². The van der Waals surface area contributed by atoms with Crippen LogP contribution < -0.4 is 5.32 Å². The van der Waals surface area contributed by atoms with Gasteiger partial charge in [0.1, 0.15) is 11.8 Å². The molecule has 4 heteroatoms. The van der Waals surface area contributed by atoms with E-state index < -0.39 is 5.91 Å². The van der Waals surface area contributed by atoms with E-state index in [0.717, 1.165) is 5.56 Å². The average molecular weight is 216 g/mol. The minimum absolute atomic E-state index is 0.254. The lowest BCUT2D eigenvalue weighted by Crippen LogP contribution is -2.24. The Hall–Kier alpha value is -2.28. The smallest absolute Gasteiger partial charge is 0.265 e. The number of rotatable bonds is 3. The highest BCUT2D eigenvalue weighted by atomic mass is 16.3. The Morgan fingerprint density at radius 3 is 2.56 bits per heavy atom. The summed E-state index contributed by atoms with van der Waals surface area (Å²) in [5.41, 5.74) is 0.680. The van der Waals surface area contributed by atoms with Gasteiger partial charge in [0.05, 0.1) is 0 Å². The zero-order chi connectivity index (χ0) is 12.0. The molecule has 82 valence electrons. The molecule has 0 atom stereocenters. The van der Waals surface area contributed by atoms with Crippen molar-refractivity contribution in [1.29, 1.82) is 5.26 Å². The van der Waals surface area contributed by atoms with Gasteiger partial charge in [0, 0.05) is 6.54 Å². The molecule has 0 aliphatic rings. The highest BCUT2D eigenvalue weighted by Gasteiger charge is 2.11. The lowest BCUT2D eigenvalue weighted by molar-refractivity contribution is -0.117. The maximum Gasteiger partial charge on any atom is 0.265 e. The second kappa shape index (κ2) is 5.56. The van der Waals surface area contributed by atoms with Gasteiger partial charge < -0.3 is 10.4 Å². The molecular formula is C12H12N2O2. The van der Waals surface area contributed by atoms with Crippen molar-refractivity contribution >= 4 is 5.91 Å². The third kappa shape index (κ3) is 3.14. The van der Waals surface area contributed by atoms with Gasteiger partial charge in [0.2, 0.25) is 0 Å². The number of carbonyl (C=O) groups excluding carboxylic acids is 1. The SMILES string of the molecule is CC(O)=C(C#N)C(=O)NCc1ccccc1. The molecule has 4 nitrogen and oxygen atoms in total. The maximum absolute atomic E-state index is 11.4. The fraction of sp³-hybridized carbons (Fsp3) is 0.167. The number of aliphatic hydroxyl groups excluding tert-OH is 1. The quantitative estimate of drug-likeness (QED) is 0.458. The molecule has 0 fully saturated rings. The van der Waals surface area contributed by atoms with Gasteiger partial charge >= 0.3 is 0 Å². The third-order valence-corrected chi connectivity index (χ3v) is 2.00. The van der Waals surface area contributed by atoms with E-state index in [-0.39, 0.29) is 11.3 Å². The number of carbonyl (C=O) groups is 1. The standard InChI is InChI=1S/C12H12N2O2/c1-9(15)11(7-13)12(16)14-8-10-5-3-2-4-6-10/h2-6,15H,8H2,1H3,(H,14,16). The first-order valence-corrected chi connectivity index (χ1v) is 4.77. The molecule has 0 saturated heterocycles. The molecule has 0 radical (unpaired) electrons.